The van der Waals surface area contributed by atoms with Crippen LogP contribution in [0.25, 0.3) is 33.5 Å². The number of benzene rings is 2. The second-order valence-electron chi connectivity index (χ2n) is 6.19. The molecule has 2 aromatic heterocycles. The average Bonchev–Trinajstić information content (AvgIpc) is 3.12. The van der Waals surface area contributed by atoms with Crippen LogP contribution in [-0.2, 0) is 6.18 Å². The van der Waals surface area contributed by atoms with Crippen molar-refractivity contribution in [2.24, 2.45) is 0 Å². The molecule has 0 unspecified atom stereocenters. The number of H-pyrrole nitrogens is 1. The Hall–Kier alpha value is -2.77. The van der Waals surface area contributed by atoms with Crippen LogP contribution in [0.1, 0.15) is 5.56 Å². The molecule has 4 nitrogen and oxygen atoms in total. The van der Waals surface area contributed by atoms with E-state index in [2.05, 4.69) is 15.0 Å². The van der Waals surface area contributed by atoms with Gasteiger partial charge in [0.2, 0.25) is 5.88 Å². The number of hydrogen-bond acceptors (Lipinski definition) is 3. The molecule has 0 bridgehead atoms. The van der Waals surface area contributed by atoms with E-state index >= 15 is 0 Å². The number of rotatable bonds is 3. The molecule has 4 aromatic rings. The third-order valence-corrected chi connectivity index (χ3v) is 5.21. The van der Waals surface area contributed by atoms with Gasteiger partial charge < -0.3 is 9.72 Å². The number of aromatic nitrogens is 3. The van der Waals surface area contributed by atoms with E-state index in [1.54, 1.807) is 30.5 Å². The van der Waals surface area contributed by atoms with Crippen LogP contribution in [0.2, 0.25) is 10.0 Å². The van der Waals surface area contributed by atoms with Crippen molar-refractivity contribution in [2.75, 3.05) is 7.11 Å². The summed E-state index contributed by atoms with van der Waals surface area (Å²) in [6.45, 7) is 0. The Balaban J connectivity index is 1.93. The highest BCUT2D eigenvalue weighted by molar-refractivity contribution is 6.43. The van der Waals surface area contributed by atoms with E-state index in [0.29, 0.717) is 44.0 Å². The van der Waals surface area contributed by atoms with Gasteiger partial charge in [-0.15, -0.1) is 0 Å². The SMILES string of the molecule is COc1cc(-c2nc3ccc(C(F)(F)F)cc3[nH]2)c(-c2cccc(Cl)c2Cl)cn1. The van der Waals surface area contributed by atoms with E-state index in [4.69, 9.17) is 27.9 Å². The number of aromatic amines is 1. The minimum absolute atomic E-state index is 0.258. The molecule has 0 aliphatic rings. The zero-order valence-electron chi connectivity index (χ0n) is 14.8. The normalized spacial score (nSPS) is 11.8. The molecule has 9 heteroatoms. The van der Waals surface area contributed by atoms with Crippen LogP contribution in [0.15, 0.2) is 48.7 Å². The van der Waals surface area contributed by atoms with Crippen molar-refractivity contribution in [1.82, 2.24) is 15.0 Å². The van der Waals surface area contributed by atoms with Gasteiger partial charge in [-0.1, -0.05) is 35.3 Å². The molecule has 29 heavy (non-hydrogen) atoms. The minimum atomic E-state index is -4.45. The molecule has 2 aromatic carbocycles. The Morgan fingerprint density at radius 3 is 2.52 bits per heavy atom. The first-order valence-electron chi connectivity index (χ1n) is 8.33. The number of imidazole rings is 1. The first-order valence-corrected chi connectivity index (χ1v) is 9.09. The highest BCUT2D eigenvalue weighted by Crippen LogP contribution is 2.39. The van der Waals surface area contributed by atoms with Crippen LogP contribution in [-0.4, -0.2) is 22.1 Å². The summed E-state index contributed by atoms with van der Waals surface area (Å²) in [5, 5.41) is 0.697. The van der Waals surface area contributed by atoms with Gasteiger partial charge in [0.25, 0.3) is 0 Å². The molecule has 0 atom stereocenters. The van der Waals surface area contributed by atoms with E-state index in [9.17, 15) is 13.2 Å². The molecule has 0 fully saturated rings. The maximum Gasteiger partial charge on any atom is 0.416 e. The minimum Gasteiger partial charge on any atom is -0.481 e. The van der Waals surface area contributed by atoms with Crippen LogP contribution in [0.3, 0.4) is 0 Å². The van der Waals surface area contributed by atoms with Gasteiger partial charge in [-0.3, -0.25) is 0 Å². The zero-order chi connectivity index (χ0) is 20.8. The van der Waals surface area contributed by atoms with Gasteiger partial charge >= 0.3 is 6.18 Å². The molecule has 0 spiro atoms. The van der Waals surface area contributed by atoms with Gasteiger partial charge in [0.1, 0.15) is 5.82 Å². The number of ether oxygens (including phenoxy) is 1. The highest BCUT2D eigenvalue weighted by atomic mass is 35.5. The summed E-state index contributed by atoms with van der Waals surface area (Å²) in [5.74, 6) is 0.671. The van der Waals surface area contributed by atoms with Crippen LogP contribution in [0.5, 0.6) is 5.88 Å². The maximum absolute atomic E-state index is 13.0. The quantitative estimate of drug-likeness (QED) is 0.391. The predicted octanol–water partition coefficient (Wildman–Crippen LogP) is 6.63. The standard InChI is InChI=1S/C20H12Cl2F3N3O/c1-29-17-8-12(13(9-26-17)11-3-2-4-14(21)18(11)22)19-27-15-6-5-10(20(23,24)25)7-16(15)28-19/h2-9H,1H3,(H,27,28). The van der Waals surface area contributed by atoms with Crippen molar-refractivity contribution in [2.45, 2.75) is 6.18 Å². The van der Waals surface area contributed by atoms with Crippen LogP contribution in [0.4, 0.5) is 13.2 Å². The summed E-state index contributed by atoms with van der Waals surface area (Å²) in [4.78, 5) is 11.6. The first-order chi connectivity index (χ1) is 13.8. The molecule has 0 aliphatic heterocycles. The molecule has 0 aliphatic carbocycles. The number of hydrogen-bond donors (Lipinski definition) is 1. The van der Waals surface area contributed by atoms with Gasteiger partial charge in [0.05, 0.1) is 33.8 Å². The molecule has 0 radical (unpaired) electrons. The number of halogens is 5. The number of methoxy groups -OCH3 is 1. The highest BCUT2D eigenvalue weighted by Gasteiger charge is 2.30. The molecule has 4 rings (SSSR count). The average molecular weight is 438 g/mol. The molecule has 1 N–H and O–H groups in total. The second-order valence-corrected chi connectivity index (χ2v) is 6.97. The van der Waals surface area contributed by atoms with E-state index in [-0.39, 0.29) is 5.52 Å². The predicted molar refractivity (Wildman–Crippen MR) is 106 cm³/mol. The van der Waals surface area contributed by atoms with Gasteiger partial charge in [-0.2, -0.15) is 13.2 Å². The van der Waals surface area contributed by atoms with E-state index in [1.807, 2.05) is 0 Å². The first kappa shape index (κ1) is 19.5. The summed E-state index contributed by atoms with van der Waals surface area (Å²) in [5.41, 5.74) is 1.67. The summed E-state index contributed by atoms with van der Waals surface area (Å²) in [7, 11) is 1.46. The fourth-order valence-electron chi connectivity index (χ4n) is 2.98. The molecule has 148 valence electrons. The van der Waals surface area contributed by atoms with Gasteiger partial charge in [0.15, 0.2) is 0 Å². The van der Waals surface area contributed by atoms with E-state index < -0.39 is 11.7 Å². The van der Waals surface area contributed by atoms with Crippen LogP contribution >= 0.6 is 23.2 Å². The van der Waals surface area contributed by atoms with Gasteiger partial charge in [0, 0.05) is 29.0 Å². The van der Waals surface area contributed by atoms with Gasteiger partial charge in [-0.05, 0) is 24.3 Å². The lowest BCUT2D eigenvalue weighted by Crippen LogP contribution is -2.04. The molecule has 2 heterocycles. The fraction of sp³-hybridized carbons (Fsp3) is 0.100. The van der Waals surface area contributed by atoms with Crippen molar-refractivity contribution in [3.63, 3.8) is 0 Å². The lowest BCUT2D eigenvalue weighted by molar-refractivity contribution is -0.137. The Kier molecular flexibility index (Phi) is 4.88. The number of nitrogens with zero attached hydrogens (tertiary/aromatic N) is 2. The van der Waals surface area contributed by atoms with Crippen molar-refractivity contribution in [1.29, 1.82) is 0 Å². The molecular weight excluding hydrogens is 426 g/mol. The molecular formula is C20H12Cl2F3N3O. The Morgan fingerprint density at radius 2 is 1.79 bits per heavy atom. The van der Waals surface area contributed by atoms with Crippen LogP contribution < -0.4 is 4.74 Å². The van der Waals surface area contributed by atoms with E-state index in [1.165, 1.54) is 13.2 Å². The smallest absolute Gasteiger partial charge is 0.416 e. The van der Waals surface area contributed by atoms with E-state index in [0.717, 1.165) is 12.1 Å². The topological polar surface area (TPSA) is 50.8 Å². The zero-order valence-corrected chi connectivity index (χ0v) is 16.3. The Labute approximate surface area is 173 Å². The Bertz CT molecular complexity index is 1220. The number of nitrogens with one attached hydrogen (secondary N) is 1. The molecule has 0 amide bonds. The second kappa shape index (κ2) is 7.24. The third kappa shape index (κ3) is 3.63. The third-order valence-electron chi connectivity index (χ3n) is 4.39. The number of fused-ring (bicyclic) bond motifs is 1. The van der Waals surface area contributed by atoms with Crippen molar-refractivity contribution in [3.05, 3.63) is 64.3 Å². The summed E-state index contributed by atoms with van der Waals surface area (Å²) < 4.78 is 44.3. The summed E-state index contributed by atoms with van der Waals surface area (Å²) >= 11 is 12.5. The monoisotopic (exact) mass is 437 g/mol. The number of alkyl halides is 3. The summed E-state index contributed by atoms with van der Waals surface area (Å²) in [6, 6.07) is 10.1. The molecule has 0 saturated carbocycles. The summed E-state index contributed by atoms with van der Waals surface area (Å²) in [6.07, 6.45) is -2.89. The lowest BCUT2D eigenvalue weighted by atomic mass is 10.0. The largest absolute Gasteiger partial charge is 0.481 e. The Morgan fingerprint density at radius 1 is 1.00 bits per heavy atom. The van der Waals surface area contributed by atoms with Gasteiger partial charge in [-0.25, -0.2) is 9.97 Å². The number of pyridine rings is 1. The lowest BCUT2D eigenvalue weighted by Gasteiger charge is -2.11. The van der Waals surface area contributed by atoms with Crippen molar-refractivity contribution >= 4 is 34.2 Å². The van der Waals surface area contributed by atoms with Crippen molar-refractivity contribution in [3.8, 4) is 28.4 Å². The van der Waals surface area contributed by atoms with Crippen molar-refractivity contribution < 1.29 is 17.9 Å². The maximum atomic E-state index is 13.0. The fourth-order valence-corrected chi connectivity index (χ4v) is 3.39. The van der Waals surface area contributed by atoms with Crippen LogP contribution in [0, 0.1) is 0 Å². The molecule has 0 saturated heterocycles.